The van der Waals surface area contributed by atoms with Crippen LogP contribution in [0.25, 0.3) is 11.4 Å². The normalized spacial score (nSPS) is 12.6. The number of ether oxygens (including phenoxy) is 2. The first kappa shape index (κ1) is 13.2. The molecule has 2 heterocycles. The molecule has 2 N–H and O–H groups in total. The summed E-state index contributed by atoms with van der Waals surface area (Å²) in [6.07, 6.45) is 1.58. The highest BCUT2D eigenvalue weighted by atomic mass is 16.5. The molecule has 0 saturated carbocycles. The van der Waals surface area contributed by atoms with Crippen LogP contribution in [-0.4, -0.2) is 35.1 Å². The molecule has 1 aliphatic rings. The van der Waals surface area contributed by atoms with E-state index in [9.17, 15) is 9.59 Å². The number of hydrogen-bond acceptors (Lipinski definition) is 5. The molecule has 0 aliphatic carbocycles. The second-order valence-electron chi connectivity index (χ2n) is 4.56. The van der Waals surface area contributed by atoms with Crippen LogP contribution in [-0.2, 0) is 11.3 Å². The van der Waals surface area contributed by atoms with Gasteiger partial charge in [-0.2, -0.15) is 0 Å². The number of carbonyl (C=O) groups is 2. The smallest absolute Gasteiger partial charge is 0.337 e. The van der Waals surface area contributed by atoms with Crippen LogP contribution in [0.4, 0.5) is 0 Å². The molecule has 0 fully saturated rings. The molecule has 0 bridgehead atoms. The number of nitrogens with zero attached hydrogens (tertiary/aromatic N) is 2. The Labute approximate surface area is 120 Å². The predicted molar refractivity (Wildman–Crippen MR) is 73.0 cm³/mol. The summed E-state index contributed by atoms with van der Waals surface area (Å²) in [5, 5.41) is 0. The lowest BCUT2D eigenvalue weighted by Crippen LogP contribution is -2.11. The number of imidazole rings is 1. The van der Waals surface area contributed by atoms with Crippen LogP contribution in [0.3, 0.4) is 0 Å². The summed E-state index contributed by atoms with van der Waals surface area (Å²) in [5.74, 6) is 0.0996. The molecule has 21 heavy (non-hydrogen) atoms. The molecular weight excluding hydrogens is 274 g/mol. The predicted octanol–water partition coefficient (Wildman–Crippen LogP) is 0.828. The maximum atomic E-state index is 11.6. The molecular formula is C14H13N3O4. The maximum Gasteiger partial charge on any atom is 0.337 e. The Balaban J connectivity index is 2.17. The minimum Gasteiger partial charge on any atom is -0.491 e. The number of amides is 1. The van der Waals surface area contributed by atoms with Crippen LogP contribution in [0, 0.1) is 0 Å². The molecule has 0 radical (unpaired) electrons. The summed E-state index contributed by atoms with van der Waals surface area (Å²) in [5.41, 5.74) is 6.46. The molecule has 108 valence electrons. The first-order valence-electron chi connectivity index (χ1n) is 6.32. The van der Waals surface area contributed by atoms with Crippen molar-refractivity contribution in [3.63, 3.8) is 0 Å². The maximum absolute atomic E-state index is 11.6. The summed E-state index contributed by atoms with van der Waals surface area (Å²) in [6, 6.07) is 4.95. The molecule has 1 aromatic carbocycles. The van der Waals surface area contributed by atoms with E-state index in [1.54, 1.807) is 29.0 Å². The van der Waals surface area contributed by atoms with Crippen molar-refractivity contribution >= 4 is 11.9 Å². The second-order valence-corrected chi connectivity index (χ2v) is 4.56. The van der Waals surface area contributed by atoms with E-state index in [1.165, 1.54) is 7.11 Å². The van der Waals surface area contributed by atoms with Gasteiger partial charge in [0.05, 0.1) is 24.8 Å². The number of carbonyl (C=O) groups excluding carboxylic acids is 2. The fourth-order valence-electron chi connectivity index (χ4n) is 2.25. The minimum absolute atomic E-state index is 0.182. The lowest BCUT2D eigenvalue weighted by molar-refractivity contribution is 0.0600. The van der Waals surface area contributed by atoms with Crippen molar-refractivity contribution in [3.8, 4) is 17.1 Å². The van der Waals surface area contributed by atoms with E-state index in [4.69, 9.17) is 15.2 Å². The van der Waals surface area contributed by atoms with Gasteiger partial charge in [-0.15, -0.1) is 0 Å². The lowest BCUT2D eigenvalue weighted by atomic mass is 10.1. The van der Waals surface area contributed by atoms with E-state index >= 15 is 0 Å². The Morgan fingerprint density at radius 1 is 1.43 bits per heavy atom. The topological polar surface area (TPSA) is 96.4 Å². The Morgan fingerprint density at radius 3 is 2.95 bits per heavy atom. The van der Waals surface area contributed by atoms with Crippen LogP contribution in [0.1, 0.15) is 20.8 Å². The van der Waals surface area contributed by atoms with Gasteiger partial charge in [0.1, 0.15) is 23.9 Å². The van der Waals surface area contributed by atoms with Crippen LogP contribution in [0.15, 0.2) is 24.4 Å². The molecule has 0 unspecified atom stereocenters. The molecule has 7 nitrogen and oxygen atoms in total. The second kappa shape index (κ2) is 4.93. The standard InChI is InChI=1S/C14H13N3O4/c1-20-14(19)8-2-3-11-9(6-8)13-16-10(12(15)18)7-17(13)4-5-21-11/h2-3,6-7H,4-5H2,1H3,(H2,15,18). The fraction of sp³-hybridized carbons (Fsp3) is 0.214. The zero-order valence-corrected chi connectivity index (χ0v) is 11.3. The lowest BCUT2D eigenvalue weighted by Gasteiger charge is -2.07. The van der Waals surface area contributed by atoms with E-state index in [-0.39, 0.29) is 5.69 Å². The highest BCUT2D eigenvalue weighted by Gasteiger charge is 2.21. The van der Waals surface area contributed by atoms with Gasteiger partial charge in [0.15, 0.2) is 0 Å². The summed E-state index contributed by atoms with van der Waals surface area (Å²) in [4.78, 5) is 27.2. The number of fused-ring (bicyclic) bond motifs is 3. The Morgan fingerprint density at radius 2 is 2.24 bits per heavy atom. The summed E-state index contributed by atoms with van der Waals surface area (Å²) >= 11 is 0. The zero-order valence-electron chi connectivity index (χ0n) is 11.3. The molecule has 1 amide bonds. The van der Waals surface area contributed by atoms with Crippen molar-refractivity contribution in [2.75, 3.05) is 13.7 Å². The van der Waals surface area contributed by atoms with Crippen molar-refractivity contribution in [1.29, 1.82) is 0 Å². The average molecular weight is 287 g/mol. The van der Waals surface area contributed by atoms with Gasteiger partial charge in [0.2, 0.25) is 0 Å². The monoisotopic (exact) mass is 287 g/mol. The summed E-state index contributed by atoms with van der Waals surface area (Å²) < 4.78 is 12.1. The summed E-state index contributed by atoms with van der Waals surface area (Å²) in [6.45, 7) is 0.976. The van der Waals surface area contributed by atoms with E-state index in [1.807, 2.05) is 0 Å². The first-order valence-corrected chi connectivity index (χ1v) is 6.32. The van der Waals surface area contributed by atoms with E-state index in [2.05, 4.69) is 4.98 Å². The van der Waals surface area contributed by atoms with Crippen molar-refractivity contribution in [1.82, 2.24) is 9.55 Å². The van der Waals surface area contributed by atoms with Gasteiger partial charge in [0, 0.05) is 6.20 Å². The fourth-order valence-corrected chi connectivity index (χ4v) is 2.25. The Hall–Kier alpha value is -2.83. The van der Waals surface area contributed by atoms with Crippen molar-refractivity contribution < 1.29 is 19.1 Å². The van der Waals surface area contributed by atoms with Crippen molar-refractivity contribution in [2.24, 2.45) is 5.73 Å². The van der Waals surface area contributed by atoms with Crippen LogP contribution >= 0.6 is 0 Å². The van der Waals surface area contributed by atoms with Crippen LogP contribution in [0.5, 0.6) is 5.75 Å². The minimum atomic E-state index is -0.595. The third kappa shape index (κ3) is 2.22. The van der Waals surface area contributed by atoms with Gasteiger partial charge >= 0.3 is 5.97 Å². The number of rotatable bonds is 2. The highest BCUT2D eigenvalue weighted by Crippen LogP contribution is 2.32. The highest BCUT2D eigenvalue weighted by molar-refractivity contribution is 5.93. The molecule has 7 heteroatoms. The van der Waals surface area contributed by atoms with E-state index < -0.39 is 11.9 Å². The average Bonchev–Trinajstić information content (AvgIpc) is 2.84. The van der Waals surface area contributed by atoms with E-state index in [0.717, 1.165) is 0 Å². The molecule has 2 aromatic rings. The van der Waals surface area contributed by atoms with Crippen molar-refractivity contribution in [2.45, 2.75) is 6.54 Å². The van der Waals surface area contributed by atoms with Crippen LogP contribution in [0.2, 0.25) is 0 Å². The number of hydrogen-bond donors (Lipinski definition) is 1. The number of methoxy groups -OCH3 is 1. The molecule has 0 spiro atoms. The number of esters is 1. The third-order valence-corrected chi connectivity index (χ3v) is 3.26. The third-order valence-electron chi connectivity index (χ3n) is 3.26. The quantitative estimate of drug-likeness (QED) is 0.825. The van der Waals surface area contributed by atoms with Crippen molar-refractivity contribution in [3.05, 3.63) is 35.7 Å². The van der Waals surface area contributed by atoms with Crippen LogP contribution < -0.4 is 10.5 Å². The van der Waals surface area contributed by atoms with Gasteiger partial charge < -0.3 is 19.8 Å². The largest absolute Gasteiger partial charge is 0.491 e. The molecule has 3 rings (SSSR count). The van der Waals surface area contributed by atoms with Gasteiger partial charge in [-0.1, -0.05) is 0 Å². The first-order chi connectivity index (χ1) is 10.1. The van der Waals surface area contributed by atoms with E-state index in [0.29, 0.717) is 35.9 Å². The SMILES string of the molecule is COC(=O)c1ccc2c(c1)-c1nc(C(N)=O)cn1CCO2. The van der Waals surface area contributed by atoms with Gasteiger partial charge in [0.25, 0.3) is 5.91 Å². The number of benzene rings is 1. The summed E-state index contributed by atoms with van der Waals surface area (Å²) in [7, 11) is 1.32. The molecule has 0 saturated heterocycles. The molecule has 1 aliphatic heterocycles. The van der Waals surface area contributed by atoms with Gasteiger partial charge in [-0.25, -0.2) is 9.78 Å². The molecule has 0 atom stereocenters. The number of nitrogens with two attached hydrogens (primary N) is 1. The zero-order chi connectivity index (χ0) is 15.0. The molecule has 1 aromatic heterocycles. The number of primary amides is 1. The Kier molecular flexibility index (Phi) is 3.09. The number of aromatic nitrogens is 2. The Bertz CT molecular complexity index is 736. The van der Waals surface area contributed by atoms with Gasteiger partial charge in [-0.05, 0) is 18.2 Å². The van der Waals surface area contributed by atoms with Gasteiger partial charge in [-0.3, -0.25) is 4.79 Å².